The number of nitrogens with one attached hydrogen (secondary N) is 2. The number of benzene rings is 1. The molecule has 2 aliphatic rings. The molecule has 170 valence electrons. The van der Waals surface area contributed by atoms with E-state index in [4.69, 9.17) is 4.74 Å². The number of hydrogen-bond acceptors (Lipinski definition) is 5. The zero-order valence-corrected chi connectivity index (χ0v) is 18.6. The van der Waals surface area contributed by atoms with Crippen LogP contribution in [0.1, 0.15) is 51.0 Å². The Morgan fingerprint density at radius 2 is 2.03 bits per heavy atom. The molecule has 31 heavy (non-hydrogen) atoms. The van der Waals surface area contributed by atoms with Gasteiger partial charge in [0, 0.05) is 0 Å². The van der Waals surface area contributed by atoms with Gasteiger partial charge in [0.2, 0.25) is 0 Å². The maximum atomic E-state index is 14.0. The number of hydrogen-bond donors (Lipinski definition) is 2. The van der Waals surface area contributed by atoms with Crippen LogP contribution in [0.5, 0.6) is 5.75 Å². The van der Waals surface area contributed by atoms with Crippen molar-refractivity contribution in [2.75, 3.05) is 18.1 Å². The predicted octanol–water partition coefficient (Wildman–Crippen LogP) is 3.07. The maximum Gasteiger partial charge on any atom is 0.322 e. The van der Waals surface area contributed by atoms with Gasteiger partial charge in [-0.25, -0.2) is 17.6 Å². The van der Waals surface area contributed by atoms with Gasteiger partial charge in [0.05, 0.1) is 18.1 Å². The van der Waals surface area contributed by atoms with Crippen LogP contribution in [-0.2, 0) is 14.6 Å². The molecule has 1 heterocycles. The summed E-state index contributed by atoms with van der Waals surface area (Å²) in [5.41, 5.74) is -0.257. The first-order valence-corrected chi connectivity index (χ1v) is 12.3. The SMILES string of the molecule is C[C@@H](CS(=O)(=O)C/C=C/CCC1(C)NC(=O)NC1=O)c1ccc(F)c(OCC2CC2)c1. The van der Waals surface area contributed by atoms with Crippen molar-refractivity contribution in [2.45, 2.75) is 51.0 Å². The Morgan fingerprint density at radius 1 is 1.29 bits per heavy atom. The number of rotatable bonds is 11. The van der Waals surface area contributed by atoms with Crippen molar-refractivity contribution in [3.63, 3.8) is 0 Å². The van der Waals surface area contributed by atoms with Gasteiger partial charge in [-0.15, -0.1) is 0 Å². The van der Waals surface area contributed by atoms with Gasteiger partial charge in [-0.05, 0) is 62.1 Å². The summed E-state index contributed by atoms with van der Waals surface area (Å²) in [7, 11) is -3.37. The van der Waals surface area contributed by atoms with E-state index in [1.807, 2.05) is 0 Å². The number of imide groups is 1. The minimum absolute atomic E-state index is 0.0682. The van der Waals surface area contributed by atoms with Gasteiger partial charge in [0.15, 0.2) is 21.4 Å². The third kappa shape index (κ3) is 6.53. The van der Waals surface area contributed by atoms with E-state index in [2.05, 4.69) is 10.6 Å². The number of allylic oxidation sites excluding steroid dienone is 1. The first-order chi connectivity index (χ1) is 14.6. The van der Waals surface area contributed by atoms with Crippen LogP contribution < -0.4 is 15.4 Å². The van der Waals surface area contributed by atoms with Crippen molar-refractivity contribution >= 4 is 21.8 Å². The molecule has 1 aromatic rings. The van der Waals surface area contributed by atoms with E-state index < -0.39 is 27.2 Å². The predicted molar refractivity (Wildman–Crippen MR) is 115 cm³/mol. The fourth-order valence-electron chi connectivity index (χ4n) is 3.43. The molecule has 1 saturated heterocycles. The van der Waals surface area contributed by atoms with Gasteiger partial charge in [0.25, 0.3) is 5.91 Å². The molecular formula is C22H29FN2O5S. The molecule has 1 saturated carbocycles. The lowest BCUT2D eigenvalue weighted by molar-refractivity contribution is -0.123. The molecule has 9 heteroatoms. The molecular weight excluding hydrogens is 423 g/mol. The van der Waals surface area contributed by atoms with Crippen LogP contribution in [0, 0.1) is 11.7 Å². The molecule has 1 aromatic carbocycles. The lowest BCUT2D eigenvalue weighted by Crippen LogP contribution is -2.43. The van der Waals surface area contributed by atoms with Crippen LogP contribution in [0.25, 0.3) is 0 Å². The fraction of sp³-hybridized carbons (Fsp3) is 0.545. The topological polar surface area (TPSA) is 102 Å². The molecule has 7 nitrogen and oxygen atoms in total. The van der Waals surface area contributed by atoms with Crippen molar-refractivity contribution in [3.05, 3.63) is 41.7 Å². The lowest BCUT2D eigenvalue weighted by atomic mass is 9.96. The monoisotopic (exact) mass is 452 g/mol. The Balaban J connectivity index is 1.49. The van der Waals surface area contributed by atoms with Crippen molar-refractivity contribution in [1.29, 1.82) is 0 Å². The molecule has 0 radical (unpaired) electrons. The van der Waals surface area contributed by atoms with Crippen LogP contribution in [0.4, 0.5) is 9.18 Å². The first-order valence-electron chi connectivity index (χ1n) is 10.5. The number of carbonyl (C=O) groups excluding carboxylic acids is 2. The van der Waals surface area contributed by atoms with E-state index in [1.165, 1.54) is 6.07 Å². The van der Waals surface area contributed by atoms with Gasteiger partial charge in [0.1, 0.15) is 5.54 Å². The van der Waals surface area contributed by atoms with Crippen LogP contribution in [-0.4, -0.2) is 44.0 Å². The number of amides is 3. The number of urea groups is 1. The van der Waals surface area contributed by atoms with Gasteiger partial charge < -0.3 is 10.1 Å². The van der Waals surface area contributed by atoms with Crippen LogP contribution in [0.2, 0.25) is 0 Å². The summed E-state index contributed by atoms with van der Waals surface area (Å²) in [6.07, 6.45) is 6.29. The molecule has 0 spiro atoms. The number of carbonyl (C=O) groups is 2. The smallest absolute Gasteiger partial charge is 0.322 e. The molecule has 3 rings (SSSR count). The van der Waals surface area contributed by atoms with Gasteiger partial charge in [-0.3, -0.25) is 10.1 Å². The van der Waals surface area contributed by atoms with E-state index in [-0.39, 0.29) is 29.1 Å². The fourth-order valence-corrected chi connectivity index (χ4v) is 4.95. The van der Waals surface area contributed by atoms with E-state index in [0.29, 0.717) is 25.4 Å². The second-order valence-electron chi connectivity index (χ2n) is 8.67. The summed E-state index contributed by atoms with van der Waals surface area (Å²) in [5.74, 6) is -0.659. The summed E-state index contributed by atoms with van der Waals surface area (Å²) in [4.78, 5) is 23.0. The molecule has 1 unspecified atom stereocenters. The second-order valence-corrected chi connectivity index (χ2v) is 10.8. The molecule has 1 aliphatic carbocycles. The second kappa shape index (κ2) is 9.38. The molecule has 2 atom stereocenters. The Morgan fingerprint density at radius 3 is 2.68 bits per heavy atom. The Kier molecular flexibility index (Phi) is 7.03. The van der Waals surface area contributed by atoms with Crippen molar-refractivity contribution in [2.24, 2.45) is 5.92 Å². The van der Waals surface area contributed by atoms with E-state index in [1.54, 1.807) is 38.1 Å². The minimum Gasteiger partial charge on any atom is -0.490 e. The Labute approximate surface area is 182 Å². The number of sulfone groups is 1. The Hall–Kier alpha value is -2.42. The highest BCUT2D eigenvalue weighted by Crippen LogP contribution is 2.31. The first kappa shape index (κ1) is 23.2. The number of ether oxygens (including phenoxy) is 1. The van der Waals surface area contributed by atoms with Gasteiger partial charge in [-0.2, -0.15) is 0 Å². The zero-order chi connectivity index (χ0) is 22.6. The summed E-state index contributed by atoms with van der Waals surface area (Å²) in [5, 5.41) is 4.76. The van der Waals surface area contributed by atoms with Crippen LogP contribution >= 0.6 is 0 Å². The van der Waals surface area contributed by atoms with Crippen molar-refractivity contribution in [3.8, 4) is 5.75 Å². The molecule has 2 fully saturated rings. The third-order valence-electron chi connectivity index (χ3n) is 5.65. The largest absolute Gasteiger partial charge is 0.490 e. The molecule has 3 amide bonds. The van der Waals surface area contributed by atoms with Crippen LogP contribution in [0.15, 0.2) is 30.4 Å². The van der Waals surface area contributed by atoms with Crippen molar-refractivity contribution < 1.29 is 27.1 Å². The molecule has 0 bridgehead atoms. The molecule has 0 aromatic heterocycles. The highest BCUT2D eigenvalue weighted by molar-refractivity contribution is 7.91. The third-order valence-corrected chi connectivity index (χ3v) is 7.35. The van der Waals surface area contributed by atoms with Gasteiger partial charge >= 0.3 is 6.03 Å². The quantitative estimate of drug-likeness (QED) is 0.397. The summed E-state index contributed by atoms with van der Waals surface area (Å²) < 4.78 is 44.5. The minimum atomic E-state index is -3.37. The highest BCUT2D eigenvalue weighted by atomic mass is 32.2. The van der Waals surface area contributed by atoms with E-state index >= 15 is 0 Å². The average Bonchev–Trinajstić information content (AvgIpc) is 3.46. The zero-order valence-electron chi connectivity index (χ0n) is 17.8. The highest BCUT2D eigenvalue weighted by Gasteiger charge is 2.40. The normalized spacial score (nSPS) is 22.4. The van der Waals surface area contributed by atoms with E-state index in [0.717, 1.165) is 18.4 Å². The Bertz CT molecular complexity index is 974. The summed E-state index contributed by atoms with van der Waals surface area (Å²) in [6, 6.07) is 3.99. The van der Waals surface area contributed by atoms with Gasteiger partial charge in [-0.1, -0.05) is 25.1 Å². The van der Waals surface area contributed by atoms with Crippen molar-refractivity contribution in [1.82, 2.24) is 10.6 Å². The number of halogens is 1. The average molecular weight is 453 g/mol. The molecule has 1 aliphatic heterocycles. The molecule has 2 N–H and O–H groups in total. The maximum absolute atomic E-state index is 14.0. The van der Waals surface area contributed by atoms with Crippen LogP contribution in [0.3, 0.4) is 0 Å². The van der Waals surface area contributed by atoms with E-state index in [9.17, 15) is 22.4 Å². The summed E-state index contributed by atoms with van der Waals surface area (Å²) >= 11 is 0. The standard InChI is InChI=1S/C22H29FN2O5S/c1-15(17-8-9-18(23)19(12-17)30-13-16-6-7-16)14-31(28,29)11-5-3-4-10-22(2)20(26)24-21(27)25-22/h3,5,8-9,12,15-16H,4,6-7,10-11,13-14H2,1-2H3,(H2,24,25,26,27)/b5-3+/t15-,22?/m0/s1. The lowest BCUT2D eigenvalue weighted by Gasteiger charge is -2.19. The summed E-state index contributed by atoms with van der Waals surface area (Å²) in [6.45, 7) is 3.91.